The molecule has 23 heavy (non-hydrogen) atoms. The van der Waals surface area contributed by atoms with Crippen LogP contribution in [0.2, 0.25) is 0 Å². The van der Waals surface area contributed by atoms with Crippen molar-refractivity contribution in [2.24, 2.45) is 0 Å². The highest BCUT2D eigenvalue weighted by molar-refractivity contribution is 5.77. The molecule has 1 aromatic heterocycles. The maximum Gasteiger partial charge on any atom is 0.223 e. The highest BCUT2D eigenvalue weighted by atomic mass is 16.2. The zero-order chi connectivity index (χ0) is 15.6. The van der Waals surface area contributed by atoms with E-state index in [-0.39, 0.29) is 0 Å². The summed E-state index contributed by atoms with van der Waals surface area (Å²) in [5.41, 5.74) is 2.82. The van der Waals surface area contributed by atoms with Crippen LogP contribution in [0.25, 0.3) is 0 Å². The fourth-order valence-corrected chi connectivity index (χ4v) is 4.01. The van der Waals surface area contributed by atoms with E-state index in [1.54, 1.807) is 12.7 Å². The number of amides is 1. The number of nitrogens with zero attached hydrogens (tertiary/aromatic N) is 4. The fraction of sp³-hybridized carbons (Fsp3) is 0.500. The average Bonchev–Trinajstić information content (AvgIpc) is 3.25. The number of likely N-dealkylation sites (tertiary alicyclic amines) is 1. The van der Waals surface area contributed by atoms with Crippen LogP contribution in [-0.2, 0) is 11.2 Å². The zero-order valence-corrected chi connectivity index (χ0v) is 13.3. The molecule has 2 heterocycles. The van der Waals surface area contributed by atoms with Gasteiger partial charge in [-0.2, -0.15) is 0 Å². The van der Waals surface area contributed by atoms with Crippen LogP contribution in [0.3, 0.4) is 0 Å². The number of carbonyl (C=O) groups is 1. The first-order chi connectivity index (χ1) is 11.3. The van der Waals surface area contributed by atoms with Gasteiger partial charge in [-0.15, -0.1) is 10.2 Å². The Morgan fingerprint density at radius 2 is 1.83 bits per heavy atom. The van der Waals surface area contributed by atoms with Crippen molar-refractivity contribution >= 4 is 5.91 Å². The lowest BCUT2D eigenvalue weighted by Crippen LogP contribution is -2.39. The molecule has 2 aromatic rings. The molecule has 5 heteroatoms. The van der Waals surface area contributed by atoms with E-state index < -0.39 is 0 Å². The predicted octanol–water partition coefficient (Wildman–Crippen LogP) is 2.56. The van der Waals surface area contributed by atoms with E-state index in [4.69, 9.17) is 0 Å². The van der Waals surface area contributed by atoms with E-state index in [1.165, 1.54) is 11.1 Å². The van der Waals surface area contributed by atoms with Crippen molar-refractivity contribution in [3.63, 3.8) is 0 Å². The van der Waals surface area contributed by atoms with Crippen LogP contribution in [0.4, 0.5) is 0 Å². The molecular weight excluding hydrogens is 288 g/mol. The number of rotatable bonds is 3. The van der Waals surface area contributed by atoms with Gasteiger partial charge in [0.25, 0.3) is 0 Å². The summed E-state index contributed by atoms with van der Waals surface area (Å²) in [6, 6.07) is 9.01. The van der Waals surface area contributed by atoms with Gasteiger partial charge in [-0.3, -0.25) is 4.79 Å². The van der Waals surface area contributed by atoms with Gasteiger partial charge in [0, 0.05) is 25.6 Å². The first-order valence-corrected chi connectivity index (χ1v) is 8.51. The molecule has 5 nitrogen and oxygen atoms in total. The van der Waals surface area contributed by atoms with Gasteiger partial charge < -0.3 is 9.47 Å². The molecule has 1 aliphatic carbocycles. The summed E-state index contributed by atoms with van der Waals surface area (Å²) in [6.07, 6.45) is 8.42. The van der Waals surface area contributed by atoms with Crippen LogP contribution >= 0.6 is 0 Å². The minimum absolute atomic E-state index is 0.314. The fourth-order valence-electron chi connectivity index (χ4n) is 4.01. The number of piperidine rings is 1. The van der Waals surface area contributed by atoms with Crippen LogP contribution in [0, 0.1) is 0 Å². The van der Waals surface area contributed by atoms with Crippen molar-refractivity contribution in [2.45, 2.75) is 44.1 Å². The molecule has 2 aliphatic rings. The molecule has 0 saturated carbocycles. The van der Waals surface area contributed by atoms with Gasteiger partial charge >= 0.3 is 0 Å². The van der Waals surface area contributed by atoms with Gasteiger partial charge in [0.15, 0.2) is 0 Å². The molecule has 120 valence electrons. The Kier molecular flexibility index (Phi) is 3.85. The van der Waals surface area contributed by atoms with E-state index in [0.717, 1.165) is 38.8 Å². The van der Waals surface area contributed by atoms with Crippen LogP contribution < -0.4 is 0 Å². The normalized spacial score (nSPS) is 21.4. The molecule has 0 N–H and O–H groups in total. The third kappa shape index (κ3) is 2.87. The molecular formula is C18H22N4O. The molecule has 1 fully saturated rings. The van der Waals surface area contributed by atoms with Crippen LogP contribution in [0.1, 0.15) is 48.8 Å². The Labute approximate surface area is 136 Å². The largest absolute Gasteiger partial charge is 0.343 e. The first kappa shape index (κ1) is 14.4. The third-order valence-electron chi connectivity index (χ3n) is 5.35. The zero-order valence-electron chi connectivity index (χ0n) is 13.3. The summed E-state index contributed by atoms with van der Waals surface area (Å²) in [4.78, 5) is 14.7. The second-order valence-electron chi connectivity index (χ2n) is 6.66. The highest BCUT2D eigenvalue weighted by Gasteiger charge is 2.28. The van der Waals surface area contributed by atoms with Crippen LogP contribution in [0.5, 0.6) is 0 Å². The van der Waals surface area contributed by atoms with Crippen molar-refractivity contribution in [1.29, 1.82) is 0 Å². The van der Waals surface area contributed by atoms with Gasteiger partial charge in [-0.25, -0.2) is 0 Å². The van der Waals surface area contributed by atoms with Crippen molar-refractivity contribution in [2.75, 3.05) is 13.1 Å². The van der Waals surface area contributed by atoms with Gasteiger partial charge in [0.1, 0.15) is 12.7 Å². The molecule has 1 aromatic carbocycles. The molecule has 1 saturated heterocycles. The minimum Gasteiger partial charge on any atom is -0.343 e. The van der Waals surface area contributed by atoms with E-state index in [9.17, 15) is 4.79 Å². The predicted molar refractivity (Wildman–Crippen MR) is 87.0 cm³/mol. The van der Waals surface area contributed by atoms with Crippen LogP contribution in [0.15, 0.2) is 36.9 Å². The van der Waals surface area contributed by atoms with E-state index in [2.05, 4.69) is 39.0 Å². The highest BCUT2D eigenvalue weighted by Crippen LogP contribution is 2.36. The Morgan fingerprint density at radius 1 is 1.09 bits per heavy atom. The lowest BCUT2D eigenvalue weighted by Gasteiger charge is -2.33. The summed E-state index contributed by atoms with van der Waals surface area (Å²) in [6.45, 7) is 1.69. The molecule has 0 radical (unpaired) electrons. The standard InChI is InChI=1S/C18H22N4O/c23-18(11-15-6-5-14-3-1-2-4-17(14)15)21-9-7-16(8-10-21)22-12-19-20-13-22/h1-4,12-13,15-16H,5-11H2. The van der Waals surface area contributed by atoms with Gasteiger partial charge in [0.2, 0.25) is 5.91 Å². The molecule has 0 bridgehead atoms. The molecule has 1 unspecified atom stereocenters. The molecule has 1 aliphatic heterocycles. The van der Waals surface area contributed by atoms with E-state index in [0.29, 0.717) is 24.3 Å². The lowest BCUT2D eigenvalue weighted by atomic mass is 9.96. The van der Waals surface area contributed by atoms with Gasteiger partial charge in [-0.05, 0) is 42.7 Å². The number of fused-ring (bicyclic) bond motifs is 1. The summed E-state index contributed by atoms with van der Waals surface area (Å²) >= 11 is 0. The van der Waals surface area contributed by atoms with E-state index in [1.807, 2.05) is 4.90 Å². The maximum atomic E-state index is 12.7. The summed E-state index contributed by atoms with van der Waals surface area (Å²) in [7, 11) is 0. The van der Waals surface area contributed by atoms with Crippen molar-refractivity contribution in [3.8, 4) is 0 Å². The summed E-state index contributed by atoms with van der Waals surface area (Å²) in [5, 5.41) is 7.75. The Bertz CT molecular complexity index is 674. The molecule has 1 atom stereocenters. The minimum atomic E-state index is 0.314. The monoisotopic (exact) mass is 310 g/mol. The smallest absolute Gasteiger partial charge is 0.223 e. The Hall–Kier alpha value is -2.17. The van der Waals surface area contributed by atoms with Crippen molar-refractivity contribution in [3.05, 3.63) is 48.0 Å². The second-order valence-corrected chi connectivity index (χ2v) is 6.66. The molecule has 4 rings (SSSR count). The van der Waals surface area contributed by atoms with Crippen molar-refractivity contribution < 1.29 is 4.79 Å². The molecule has 0 spiro atoms. The quantitative estimate of drug-likeness (QED) is 0.875. The number of hydrogen-bond acceptors (Lipinski definition) is 3. The first-order valence-electron chi connectivity index (χ1n) is 8.51. The third-order valence-corrected chi connectivity index (χ3v) is 5.35. The summed E-state index contributed by atoms with van der Waals surface area (Å²) < 4.78 is 2.06. The number of hydrogen-bond donors (Lipinski definition) is 0. The second kappa shape index (κ2) is 6.14. The van der Waals surface area contributed by atoms with E-state index >= 15 is 0 Å². The Balaban J connectivity index is 1.34. The topological polar surface area (TPSA) is 51.0 Å². The number of aromatic nitrogens is 3. The van der Waals surface area contributed by atoms with Crippen molar-refractivity contribution in [1.82, 2.24) is 19.7 Å². The molecule has 1 amide bonds. The van der Waals surface area contributed by atoms with Crippen LogP contribution in [-0.4, -0.2) is 38.7 Å². The Morgan fingerprint density at radius 3 is 2.61 bits per heavy atom. The number of carbonyl (C=O) groups excluding carboxylic acids is 1. The average molecular weight is 310 g/mol. The number of aryl methyl sites for hydroxylation is 1. The summed E-state index contributed by atoms with van der Waals surface area (Å²) in [5.74, 6) is 0.725. The van der Waals surface area contributed by atoms with Gasteiger partial charge in [0.05, 0.1) is 0 Å². The SMILES string of the molecule is O=C(CC1CCc2ccccc21)N1CCC(n2cnnc2)CC1. The maximum absolute atomic E-state index is 12.7. The lowest BCUT2D eigenvalue weighted by molar-refractivity contribution is -0.132. The number of benzene rings is 1. The van der Waals surface area contributed by atoms with Gasteiger partial charge in [-0.1, -0.05) is 24.3 Å².